The lowest BCUT2D eigenvalue weighted by atomic mass is 9.94. The summed E-state index contributed by atoms with van der Waals surface area (Å²) in [6.07, 6.45) is 0.503. The molecule has 1 atom stereocenters. The zero-order valence-electron chi connectivity index (χ0n) is 21.9. The first-order valence-electron chi connectivity index (χ1n) is 12.6. The molecule has 1 amide bonds. The van der Waals surface area contributed by atoms with Crippen molar-refractivity contribution in [2.45, 2.75) is 46.3 Å². The van der Waals surface area contributed by atoms with Crippen molar-refractivity contribution in [1.29, 1.82) is 0 Å². The van der Waals surface area contributed by atoms with Crippen molar-refractivity contribution in [3.63, 3.8) is 0 Å². The van der Waals surface area contributed by atoms with Gasteiger partial charge in [0, 0.05) is 11.3 Å². The third kappa shape index (κ3) is 5.47. The van der Waals surface area contributed by atoms with Crippen molar-refractivity contribution in [2.24, 2.45) is 0 Å². The average Bonchev–Trinajstić information content (AvgIpc) is 3.17. The molecule has 3 aromatic carbocycles. The number of nitrogens with zero attached hydrogens (tertiary/aromatic N) is 1. The fraction of sp³-hybridized carbons (Fsp3) is 0.258. The van der Waals surface area contributed by atoms with Gasteiger partial charge in [0.1, 0.15) is 11.5 Å². The number of ether oxygens (including phenoxy) is 2. The molecule has 0 spiro atoms. The van der Waals surface area contributed by atoms with E-state index in [2.05, 4.69) is 0 Å². The van der Waals surface area contributed by atoms with Gasteiger partial charge in [-0.25, -0.2) is 4.79 Å². The first-order chi connectivity index (χ1) is 18.2. The van der Waals surface area contributed by atoms with E-state index in [4.69, 9.17) is 9.47 Å². The molecule has 1 N–H and O–H groups in total. The van der Waals surface area contributed by atoms with Gasteiger partial charge < -0.3 is 14.6 Å². The van der Waals surface area contributed by atoms with Gasteiger partial charge in [-0.05, 0) is 63.1 Å². The van der Waals surface area contributed by atoms with Gasteiger partial charge in [-0.2, -0.15) is 0 Å². The number of aliphatic hydroxyl groups excluding tert-OH is 1. The summed E-state index contributed by atoms with van der Waals surface area (Å²) in [6, 6.07) is 19.7. The van der Waals surface area contributed by atoms with E-state index < -0.39 is 23.7 Å². The van der Waals surface area contributed by atoms with Crippen LogP contribution in [0.2, 0.25) is 0 Å². The van der Waals surface area contributed by atoms with Crippen LogP contribution >= 0.6 is 0 Å². The van der Waals surface area contributed by atoms with Crippen molar-refractivity contribution < 1.29 is 29.0 Å². The number of rotatable bonds is 8. The standard InChI is InChI=1S/C31H31NO6/c1-5-15-37-25-14-8-11-22(18-25)28(33)26-27(21-10-6-9-20(4)16-21)32(30(35)29(26)34)24-13-7-12-23(17-24)31(36)38-19(2)3/h6-14,16-19,27,33H,5,15H2,1-4H3/b28-26+. The zero-order chi connectivity index (χ0) is 27.4. The van der Waals surface area contributed by atoms with Gasteiger partial charge in [-0.15, -0.1) is 0 Å². The van der Waals surface area contributed by atoms with E-state index in [0.717, 1.165) is 12.0 Å². The molecular formula is C31H31NO6. The molecule has 1 aliphatic rings. The molecule has 1 heterocycles. The summed E-state index contributed by atoms with van der Waals surface area (Å²) in [5.74, 6) is -1.90. The Morgan fingerprint density at radius 2 is 1.68 bits per heavy atom. The maximum Gasteiger partial charge on any atom is 0.338 e. The van der Waals surface area contributed by atoms with Crippen LogP contribution in [0.3, 0.4) is 0 Å². The molecule has 0 aromatic heterocycles. The van der Waals surface area contributed by atoms with E-state index in [0.29, 0.717) is 29.2 Å². The Bertz CT molecular complexity index is 1410. The fourth-order valence-corrected chi connectivity index (χ4v) is 4.43. The lowest BCUT2D eigenvalue weighted by Crippen LogP contribution is -2.29. The topological polar surface area (TPSA) is 93.1 Å². The number of anilines is 1. The number of hydrogen-bond donors (Lipinski definition) is 1. The Labute approximate surface area is 222 Å². The number of esters is 1. The predicted octanol–water partition coefficient (Wildman–Crippen LogP) is 5.98. The summed E-state index contributed by atoms with van der Waals surface area (Å²) >= 11 is 0. The van der Waals surface area contributed by atoms with Gasteiger partial charge >= 0.3 is 5.97 Å². The molecule has 7 heteroatoms. The van der Waals surface area contributed by atoms with Gasteiger partial charge in [0.05, 0.1) is 29.9 Å². The summed E-state index contributed by atoms with van der Waals surface area (Å²) in [6.45, 7) is 7.91. The Balaban J connectivity index is 1.87. The molecule has 7 nitrogen and oxygen atoms in total. The summed E-state index contributed by atoms with van der Waals surface area (Å²) < 4.78 is 11.0. The second-order valence-electron chi connectivity index (χ2n) is 9.46. The van der Waals surface area contributed by atoms with E-state index in [1.54, 1.807) is 56.3 Å². The highest BCUT2D eigenvalue weighted by Gasteiger charge is 2.47. The van der Waals surface area contributed by atoms with Crippen LogP contribution in [-0.2, 0) is 14.3 Å². The number of amides is 1. The Kier molecular flexibility index (Phi) is 7.96. The Hall–Kier alpha value is -4.39. The summed E-state index contributed by atoms with van der Waals surface area (Å²) in [4.78, 5) is 40.8. The highest BCUT2D eigenvalue weighted by atomic mass is 16.5. The van der Waals surface area contributed by atoms with Crippen molar-refractivity contribution in [3.8, 4) is 5.75 Å². The second-order valence-corrected chi connectivity index (χ2v) is 9.46. The lowest BCUT2D eigenvalue weighted by molar-refractivity contribution is -0.132. The lowest BCUT2D eigenvalue weighted by Gasteiger charge is -2.26. The van der Waals surface area contributed by atoms with Crippen LogP contribution in [0.5, 0.6) is 5.75 Å². The van der Waals surface area contributed by atoms with Gasteiger partial charge in [0.15, 0.2) is 0 Å². The number of ketones is 1. The normalized spacial score (nSPS) is 16.7. The SMILES string of the molecule is CCCOc1cccc(/C(O)=C2\C(=O)C(=O)N(c3cccc(C(=O)OC(C)C)c3)C2c2cccc(C)c2)c1. The van der Waals surface area contributed by atoms with E-state index in [9.17, 15) is 19.5 Å². The van der Waals surface area contributed by atoms with E-state index >= 15 is 0 Å². The van der Waals surface area contributed by atoms with Gasteiger partial charge in [0.2, 0.25) is 0 Å². The molecule has 0 saturated carbocycles. The van der Waals surface area contributed by atoms with Crippen molar-refractivity contribution >= 4 is 29.1 Å². The molecule has 38 heavy (non-hydrogen) atoms. The van der Waals surface area contributed by atoms with Crippen LogP contribution in [0.25, 0.3) is 5.76 Å². The smallest absolute Gasteiger partial charge is 0.338 e. The largest absolute Gasteiger partial charge is 0.507 e. The third-order valence-electron chi connectivity index (χ3n) is 6.09. The Morgan fingerprint density at radius 1 is 0.974 bits per heavy atom. The minimum absolute atomic E-state index is 0.0385. The van der Waals surface area contributed by atoms with E-state index in [-0.39, 0.29) is 23.0 Å². The molecule has 3 aromatic rings. The first-order valence-corrected chi connectivity index (χ1v) is 12.6. The quantitative estimate of drug-likeness (QED) is 0.173. The molecule has 0 radical (unpaired) electrons. The minimum atomic E-state index is -0.911. The summed E-state index contributed by atoms with van der Waals surface area (Å²) in [7, 11) is 0. The second kappa shape index (κ2) is 11.3. The first kappa shape index (κ1) is 26.7. The third-order valence-corrected chi connectivity index (χ3v) is 6.09. The van der Waals surface area contributed by atoms with E-state index in [1.165, 1.54) is 11.0 Å². The molecule has 4 rings (SSSR count). The molecular weight excluding hydrogens is 482 g/mol. The molecule has 0 bridgehead atoms. The van der Waals surface area contributed by atoms with Crippen LogP contribution in [0, 0.1) is 6.92 Å². The van der Waals surface area contributed by atoms with Crippen LogP contribution < -0.4 is 9.64 Å². The highest BCUT2D eigenvalue weighted by molar-refractivity contribution is 6.51. The molecule has 1 aliphatic heterocycles. The monoisotopic (exact) mass is 513 g/mol. The van der Waals surface area contributed by atoms with Gasteiger partial charge in [-0.1, -0.05) is 55.0 Å². The van der Waals surface area contributed by atoms with Crippen molar-refractivity contribution in [3.05, 3.63) is 101 Å². The average molecular weight is 514 g/mol. The van der Waals surface area contributed by atoms with Gasteiger partial charge in [0.25, 0.3) is 11.7 Å². The van der Waals surface area contributed by atoms with Gasteiger partial charge in [-0.3, -0.25) is 14.5 Å². The number of carbonyl (C=O) groups excluding carboxylic acids is 3. The van der Waals surface area contributed by atoms with Crippen LogP contribution in [-0.4, -0.2) is 35.5 Å². The number of carbonyl (C=O) groups is 3. The Morgan fingerprint density at radius 3 is 2.39 bits per heavy atom. The highest BCUT2D eigenvalue weighted by Crippen LogP contribution is 2.42. The number of aryl methyl sites for hydroxylation is 1. The van der Waals surface area contributed by atoms with Crippen LogP contribution in [0.15, 0.2) is 78.4 Å². The van der Waals surface area contributed by atoms with Crippen molar-refractivity contribution in [2.75, 3.05) is 11.5 Å². The maximum atomic E-state index is 13.5. The van der Waals surface area contributed by atoms with E-state index in [1.807, 2.05) is 38.1 Å². The number of hydrogen-bond acceptors (Lipinski definition) is 6. The number of benzene rings is 3. The minimum Gasteiger partial charge on any atom is -0.507 e. The molecule has 1 saturated heterocycles. The van der Waals surface area contributed by atoms with Crippen molar-refractivity contribution in [1.82, 2.24) is 0 Å². The van der Waals surface area contributed by atoms with Crippen LogP contribution in [0.1, 0.15) is 60.3 Å². The fourth-order valence-electron chi connectivity index (χ4n) is 4.43. The zero-order valence-corrected chi connectivity index (χ0v) is 21.9. The molecule has 0 aliphatic carbocycles. The number of aliphatic hydroxyl groups is 1. The maximum absolute atomic E-state index is 13.5. The molecule has 1 fully saturated rings. The summed E-state index contributed by atoms with van der Waals surface area (Å²) in [5.41, 5.74) is 2.50. The number of Topliss-reactive ketones (excluding diaryl/α,β-unsaturated/α-hetero) is 1. The molecule has 1 unspecified atom stereocenters. The molecule has 196 valence electrons. The predicted molar refractivity (Wildman–Crippen MR) is 145 cm³/mol. The summed E-state index contributed by atoms with van der Waals surface area (Å²) in [5, 5.41) is 11.4. The van der Waals surface area contributed by atoms with Crippen LogP contribution in [0.4, 0.5) is 5.69 Å².